The standard InChI is InChI=1S/C25H20ClF2N3O3/c26-20-12-16(4-5-18(20)17-3-1-2-15-6-11-29-13-19(15)17)21(32)14-31-22(33)24(30-23(31)34)7-9-25(27,28)10-8-24/h1-6,11-13H,7-10,14H2,(H,30,34). The minimum atomic E-state index is -2.85. The van der Waals surface area contributed by atoms with E-state index in [1.807, 2.05) is 24.3 Å². The minimum absolute atomic E-state index is 0.157. The number of imide groups is 1. The molecule has 1 aromatic heterocycles. The summed E-state index contributed by atoms with van der Waals surface area (Å²) in [6, 6.07) is 11.7. The summed E-state index contributed by atoms with van der Waals surface area (Å²) in [5.74, 6) is -3.96. The molecule has 3 amide bonds. The Morgan fingerprint density at radius 3 is 2.56 bits per heavy atom. The first-order chi connectivity index (χ1) is 16.2. The fraction of sp³-hybridized carbons (Fsp3) is 0.280. The van der Waals surface area contributed by atoms with E-state index in [1.54, 1.807) is 24.5 Å². The molecule has 1 saturated heterocycles. The quantitative estimate of drug-likeness (QED) is 0.406. The summed E-state index contributed by atoms with van der Waals surface area (Å²) in [5, 5.41) is 4.79. The number of hydrogen-bond donors (Lipinski definition) is 1. The Morgan fingerprint density at radius 2 is 1.82 bits per heavy atom. The number of amides is 3. The van der Waals surface area contributed by atoms with Crippen LogP contribution in [0.25, 0.3) is 21.9 Å². The van der Waals surface area contributed by atoms with Crippen molar-refractivity contribution >= 4 is 40.1 Å². The number of benzene rings is 2. The number of alkyl halides is 2. The van der Waals surface area contributed by atoms with Crippen LogP contribution in [0, 0.1) is 0 Å². The van der Waals surface area contributed by atoms with Crippen molar-refractivity contribution in [3.8, 4) is 11.1 Å². The Bertz CT molecular complexity index is 1330. The number of pyridine rings is 1. The van der Waals surface area contributed by atoms with Crippen LogP contribution in [-0.4, -0.2) is 45.6 Å². The van der Waals surface area contributed by atoms with E-state index in [9.17, 15) is 23.2 Å². The number of rotatable bonds is 4. The predicted octanol–water partition coefficient (Wildman–Crippen LogP) is 5.24. The zero-order chi connectivity index (χ0) is 24.1. The highest BCUT2D eigenvalue weighted by Gasteiger charge is 2.55. The van der Waals surface area contributed by atoms with Gasteiger partial charge in [-0.3, -0.25) is 19.5 Å². The maximum atomic E-state index is 13.6. The van der Waals surface area contributed by atoms with Gasteiger partial charge in [0.05, 0.1) is 6.54 Å². The van der Waals surface area contributed by atoms with Crippen molar-refractivity contribution in [2.45, 2.75) is 37.1 Å². The van der Waals surface area contributed by atoms with Crippen LogP contribution >= 0.6 is 11.6 Å². The Morgan fingerprint density at radius 1 is 1.06 bits per heavy atom. The Balaban J connectivity index is 1.36. The maximum Gasteiger partial charge on any atom is 0.325 e. The van der Waals surface area contributed by atoms with E-state index in [2.05, 4.69) is 10.3 Å². The highest BCUT2D eigenvalue weighted by atomic mass is 35.5. The van der Waals surface area contributed by atoms with Crippen LogP contribution in [0.1, 0.15) is 36.0 Å². The summed E-state index contributed by atoms with van der Waals surface area (Å²) in [4.78, 5) is 43.3. The molecule has 2 fully saturated rings. The van der Waals surface area contributed by atoms with Crippen molar-refractivity contribution in [3.63, 3.8) is 0 Å². The van der Waals surface area contributed by atoms with Gasteiger partial charge < -0.3 is 5.32 Å². The molecule has 3 aromatic rings. The second-order valence-electron chi connectivity index (χ2n) is 8.78. The molecule has 2 heterocycles. The van der Waals surface area contributed by atoms with E-state index >= 15 is 0 Å². The first-order valence-electron chi connectivity index (χ1n) is 10.9. The van der Waals surface area contributed by atoms with Crippen LogP contribution in [0.3, 0.4) is 0 Å². The minimum Gasteiger partial charge on any atom is -0.323 e. The molecule has 0 atom stereocenters. The first kappa shape index (κ1) is 22.4. The van der Waals surface area contributed by atoms with Crippen LogP contribution in [-0.2, 0) is 4.79 Å². The Labute approximate surface area is 198 Å². The van der Waals surface area contributed by atoms with E-state index in [0.717, 1.165) is 21.2 Å². The molecule has 0 unspecified atom stereocenters. The average molecular weight is 484 g/mol. The molecule has 1 spiro atoms. The van der Waals surface area contributed by atoms with E-state index in [0.29, 0.717) is 10.6 Å². The van der Waals surface area contributed by atoms with Gasteiger partial charge in [-0.2, -0.15) is 0 Å². The van der Waals surface area contributed by atoms with Gasteiger partial charge in [-0.1, -0.05) is 41.9 Å². The summed E-state index contributed by atoms with van der Waals surface area (Å²) in [6.07, 6.45) is 2.16. The third kappa shape index (κ3) is 3.81. The van der Waals surface area contributed by atoms with Crippen LogP contribution in [0.2, 0.25) is 5.02 Å². The van der Waals surface area contributed by atoms with Crippen molar-refractivity contribution in [2.24, 2.45) is 0 Å². The SMILES string of the molecule is O=C(CN1C(=O)NC2(CCC(F)(F)CC2)C1=O)c1ccc(-c2cccc3ccncc23)c(Cl)c1. The molecule has 1 saturated carbocycles. The lowest BCUT2D eigenvalue weighted by molar-refractivity contribution is -0.135. The van der Waals surface area contributed by atoms with Gasteiger partial charge in [0.15, 0.2) is 5.78 Å². The highest BCUT2D eigenvalue weighted by molar-refractivity contribution is 6.34. The molecule has 6 nitrogen and oxygen atoms in total. The van der Waals surface area contributed by atoms with Crippen molar-refractivity contribution < 1.29 is 23.2 Å². The van der Waals surface area contributed by atoms with E-state index in [1.165, 1.54) is 6.07 Å². The van der Waals surface area contributed by atoms with Crippen molar-refractivity contribution in [3.05, 3.63) is 65.4 Å². The molecule has 34 heavy (non-hydrogen) atoms. The number of Topliss-reactive ketones (excluding diaryl/α,β-unsaturated/α-hetero) is 1. The van der Waals surface area contributed by atoms with Gasteiger partial charge in [-0.15, -0.1) is 0 Å². The van der Waals surface area contributed by atoms with Crippen LogP contribution in [0.15, 0.2) is 54.9 Å². The number of halogens is 3. The van der Waals surface area contributed by atoms with Gasteiger partial charge in [0.25, 0.3) is 5.91 Å². The summed E-state index contributed by atoms with van der Waals surface area (Å²) >= 11 is 6.52. The molecule has 2 aliphatic rings. The summed E-state index contributed by atoms with van der Waals surface area (Å²) in [5.41, 5.74) is 0.459. The third-order valence-electron chi connectivity index (χ3n) is 6.65. The van der Waals surface area contributed by atoms with Gasteiger partial charge in [0.1, 0.15) is 5.54 Å². The Hall–Kier alpha value is -3.39. The number of urea groups is 1. The summed E-state index contributed by atoms with van der Waals surface area (Å²) < 4.78 is 27.1. The molecular weight excluding hydrogens is 464 g/mol. The Kier molecular flexibility index (Phi) is 5.36. The fourth-order valence-electron chi connectivity index (χ4n) is 4.69. The molecule has 174 valence electrons. The zero-order valence-corrected chi connectivity index (χ0v) is 18.7. The van der Waals surface area contributed by atoms with Crippen LogP contribution in [0.4, 0.5) is 13.6 Å². The van der Waals surface area contributed by atoms with Gasteiger partial charge in [-0.25, -0.2) is 13.6 Å². The number of hydrogen-bond acceptors (Lipinski definition) is 4. The summed E-state index contributed by atoms with van der Waals surface area (Å²) in [7, 11) is 0. The first-order valence-corrected chi connectivity index (χ1v) is 11.2. The zero-order valence-electron chi connectivity index (χ0n) is 18.0. The van der Waals surface area contributed by atoms with Gasteiger partial charge in [-0.05, 0) is 35.9 Å². The number of carbonyl (C=O) groups excluding carboxylic acids is 3. The van der Waals surface area contributed by atoms with E-state index < -0.39 is 48.6 Å². The number of aromatic nitrogens is 1. The number of ketones is 1. The number of nitrogens with one attached hydrogen (secondary N) is 1. The van der Waals surface area contributed by atoms with Crippen molar-refractivity contribution in [1.29, 1.82) is 0 Å². The van der Waals surface area contributed by atoms with E-state index in [-0.39, 0.29) is 18.4 Å². The molecule has 5 rings (SSSR count). The number of carbonyl (C=O) groups is 3. The average Bonchev–Trinajstić information content (AvgIpc) is 3.05. The lowest BCUT2D eigenvalue weighted by Crippen LogP contribution is -2.51. The number of nitrogens with zero attached hydrogens (tertiary/aromatic N) is 2. The molecule has 0 radical (unpaired) electrons. The molecule has 9 heteroatoms. The lowest BCUT2D eigenvalue weighted by atomic mass is 9.80. The highest BCUT2D eigenvalue weighted by Crippen LogP contribution is 2.41. The molecule has 2 aromatic carbocycles. The lowest BCUT2D eigenvalue weighted by Gasteiger charge is -2.34. The smallest absolute Gasteiger partial charge is 0.323 e. The fourth-order valence-corrected chi connectivity index (χ4v) is 4.97. The number of fused-ring (bicyclic) bond motifs is 1. The van der Waals surface area contributed by atoms with Gasteiger partial charge in [0.2, 0.25) is 5.92 Å². The monoisotopic (exact) mass is 483 g/mol. The largest absolute Gasteiger partial charge is 0.325 e. The van der Waals surface area contributed by atoms with Crippen LogP contribution in [0.5, 0.6) is 0 Å². The van der Waals surface area contributed by atoms with Crippen LogP contribution < -0.4 is 5.32 Å². The normalized spacial score (nSPS) is 19.0. The molecular formula is C25H20ClF2N3O3. The second kappa shape index (κ2) is 8.13. The molecule has 1 N–H and O–H groups in total. The van der Waals surface area contributed by atoms with E-state index in [4.69, 9.17) is 11.6 Å². The molecule has 0 bridgehead atoms. The predicted molar refractivity (Wildman–Crippen MR) is 123 cm³/mol. The molecule has 1 aliphatic carbocycles. The van der Waals surface area contributed by atoms with Gasteiger partial charge >= 0.3 is 6.03 Å². The summed E-state index contributed by atoms with van der Waals surface area (Å²) in [6.45, 7) is -0.489. The third-order valence-corrected chi connectivity index (χ3v) is 6.96. The van der Waals surface area contributed by atoms with Gasteiger partial charge in [0, 0.05) is 46.8 Å². The second-order valence-corrected chi connectivity index (χ2v) is 9.19. The van der Waals surface area contributed by atoms with Crippen molar-refractivity contribution in [2.75, 3.05) is 6.54 Å². The topological polar surface area (TPSA) is 79.4 Å². The maximum absolute atomic E-state index is 13.6. The van der Waals surface area contributed by atoms with Crippen molar-refractivity contribution in [1.82, 2.24) is 15.2 Å². The molecule has 1 aliphatic heterocycles.